The van der Waals surface area contributed by atoms with Gasteiger partial charge in [0, 0.05) is 18.1 Å². The number of nitrogens with zero attached hydrogens (tertiary/aromatic N) is 1. The number of aromatic nitrogens is 1. The number of rotatable bonds is 6. The van der Waals surface area contributed by atoms with Crippen LogP contribution in [-0.4, -0.2) is 22.6 Å². The van der Waals surface area contributed by atoms with Crippen LogP contribution >= 0.6 is 0 Å². The Bertz CT molecular complexity index is 634. The van der Waals surface area contributed by atoms with Crippen LogP contribution in [0.2, 0.25) is 0 Å². The Kier molecular flexibility index (Phi) is 4.58. The van der Waals surface area contributed by atoms with Crippen LogP contribution in [0.15, 0.2) is 36.5 Å². The monoisotopic (exact) mass is 286 g/mol. The number of para-hydroxylation sites is 1. The van der Waals surface area contributed by atoms with E-state index in [1.165, 1.54) is 0 Å². The van der Waals surface area contributed by atoms with Gasteiger partial charge in [0.15, 0.2) is 0 Å². The van der Waals surface area contributed by atoms with Gasteiger partial charge in [-0.15, -0.1) is 0 Å². The summed E-state index contributed by atoms with van der Waals surface area (Å²) in [7, 11) is 0. The lowest BCUT2D eigenvalue weighted by Gasteiger charge is -2.30. The Morgan fingerprint density at radius 3 is 2.67 bits per heavy atom. The van der Waals surface area contributed by atoms with Crippen molar-refractivity contribution >= 4 is 16.9 Å². The van der Waals surface area contributed by atoms with Crippen LogP contribution in [0.3, 0.4) is 0 Å². The first kappa shape index (κ1) is 15.4. The molecule has 0 saturated heterocycles. The van der Waals surface area contributed by atoms with Crippen LogP contribution in [0.4, 0.5) is 0 Å². The van der Waals surface area contributed by atoms with Crippen LogP contribution in [0.5, 0.6) is 0 Å². The third-order valence-corrected chi connectivity index (χ3v) is 3.91. The quantitative estimate of drug-likeness (QED) is 0.856. The number of benzene rings is 1. The van der Waals surface area contributed by atoms with E-state index in [4.69, 9.17) is 5.73 Å². The maximum atomic E-state index is 11.8. The molecule has 0 aliphatic heterocycles. The van der Waals surface area contributed by atoms with Crippen molar-refractivity contribution in [3.63, 3.8) is 0 Å². The van der Waals surface area contributed by atoms with Gasteiger partial charge in [-0.1, -0.05) is 32.0 Å². The number of hydrogen-bond acceptors (Lipinski definition) is 3. The fourth-order valence-electron chi connectivity index (χ4n) is 2.93. The molecule has 21 heavy (non-hydrogen) atoms. The first-order valence-electron chi connectivity index (χ1n) is 7.24. The van der Waals surface area contributed by atoms with Gasteiger partial charge in [0.25, 0.3) is 0 Å². The van der Waals surface area contributed by atoms with Gasteiger partial charge in [0.1, 0.15) is 0 Å². The van der Waals surface area contributed by atoms with E-state index in [0.717, 1.165) is 16.5 Å². The highest BCUT2D eigenvalue weighted by molar-refractivity contribution is 5.83. The molecular weight excluding hydrogens is 264 g/mol. The lowest BCUT2D eigenvalue weighted by Crippen LogP contribution is -2.41. The minimum atomic E-state index is -0.918. The zero-order valence-corrected chi connectivity index (χ0v) is 12.5. The van der Waals surface area contributed by atoms with Gasteiger partial charge in [0.05, 0.1) is 10.9 Å². The Hall–Kier alpha value is -1.94. The molecule has 0 spiro atoms. The largest absolute Gasteiger partial charge is 0.481 e. The summed E-state index contributed by atoms with van der Waals surface area (Å²) in [5.74, 6) is -0.544. The first-order chi connectivity index (χ1) is 9.98. The molecular formula is C17H22N2O2. The molecule has 0 amide bonds. The molecule has 0 fully saturated rings. The van der Waals surface area contributed by atoms with E-state index in [1.54, 1.807) is 6.20 Å². The van der Waals surface area contributed by atoms with E-state index in [9.17, 15) is 9.90 Å². The van der Waals surface area contributed by atoms with Gasteiger partial charge >= 0.3 is 5.97 Å². The third kappa shape index (κ3) is 3.22. The zero-order valence-electron chi connectivity index (χ0n) is 12.5. The molecule has 1 unspecified atom stereocenters. The van der Waals surface area contributed by atoms with Gasteiger partial charge in [-0.2, -0.15) is 0 Å². The fraction of sp³-hybridized carbons (Fsp3) is 0.412. The number of hydrogen-bond donors (Lipinski definition) is 2. The summed E-state index contributed by atoms with van der Waals surface area (Å²) < 4.78 is 0. The van der Waals surface area contributed by atoms with Crippen LogP contribution in [0.1, 0.15) is 25.8 Å². The molecule has 1 heterocycles. The first-order valence-corrected chi connectivity index (χ1v) is 7.24. The number of carbonyl (C=O) groups is 1. The molecule has 1 aromatic heterocycles. The number of carboxylic acids is 1. The summed E-state index contributed by atoms with van der Waals surface area (Å²) in [5, 5.41) is 10.7. The van der Waals surface area contributed by atoms with Gasteiger partial charge in [-0.05, 0) is 36.5 Å². The maximum absolute atomic E-state index is 11.8. The van der Waals surface area contributed by atoms with Crippen molar-refractivity contribution in [3.8, 4) is 0 Å². The molecule has 2 rings (SSSR count). The van der Waals surface area contributed by atoms with E-state index in [1.807, 2.05) is 44.2 Å². The van der Waals surface area contributed by atoms with E-state index < -0.39 is 11.4 Å². The summed E-state index contributed by atoms with van der Waals surface area (Å²) in [6.07, 6.45) is 2.73. The van der Waals surface area contributed by atoms with E-state index in [2.05, 4.69) is 4.98 Å². The SMILES string of the molecule is CC(C)CC(CN)(Cc1ccnc2ccccc12)C(=O)O. The van der Waals surface area contributed by atoms with Crippen molar-refractivity contribution in [2.75, 3.05) is 6.54 Å². The highest BCUT2D eigenvalue weighted by Gasteiger charge is 2.38. The number of pyridine rings is 1. The molecule has 4 nitrogen and oxygen atoms in total. The Morgan fingerprint density at radius 1 is 1.33 bits per heavy atom. The number of carboxylic acid groups (broad SMARTS) is 1. The van der Waals surface area contributed by atoms with Crippen molar-refractivity contribution < 1.29 is 9.90 Å². The van der Waals surface area contributed by atoms with E-state index in [-0.39, 0.29) is 12.5 Å². The average Bonchev–Trinajstić information content (AvgIpc) is 2.46. The van der Waals surface area contributed by atoms with Crippen molar-refractivity contribution in [2.45, 2.75) is 26.7 Å². The molecule has 0 saturated carbocycles. The Balaban J connectivity index is 2.46. The fourth-order valence-corrected chi connectivity index (χ4v) is 2.93. The topological polar surface area (TPSA) is 76.2 Å². The predicted molar refractivity (Wildman–Crippen MR) is 84.0 cm³/mol. The lowest BCUT2D eigenvalue weighted by atomic mass is 9.75. The molecule has 1 aromatic carbocycles. The second-order valence-corrected chi connectivity index (χ2v) is 6.05. The normalized spacial score (nSPS) is 14.3. The van der Waals surface area contributed by atoms with Crippen molar-refractivity contribution in [1.29, 1.82) is 0 Å². The van der Waals surface area contributed by atoms with Gasteiger partial charge < -0.3 is 10.8 Å². The average molecular weight is 286 g/mol. The van der Waals surface area contributed by atoms with Crippen molar-refractivity contribution in [1.82, 2.24) is 4.98 Å². The molecule has 3 N–H and O–H groups in total. The minimum absolute atomic E-state index is 0.136. The predicted octanol–water partition coefficient (Wildman–Crippen LogP) is 2.85. The summed E-state index contributed by atoms with van der Waals surface area (Å²) in [6, 6.07) is 9.69. The van der Waals surface area contributed by atoms with Crippen molar-refractivity contribution in [3.05, 3.63) is 42.1 Å². The number of aliphatic carboxylic acids is 1. The van der Waals surface area contributed by atoms with Crippen molar-refractivity contribution in [2.24, 2.45) is 17.1 Å². The second kappa shape index (κ2) is 6.22. The molecule has 4 heteroatoms. The van der Waals surface area contributed by atoms with Gasteiger partial charge in [-0.3, -0.25) is 9.78 Å². The summed E-state index contributed by atoms with van der Waals surface area (Å²) in [6.45, 7) is 4.19. The number of fused-ring (bicyclic) bond motifs is 1. The van der Waals surface area contributed by atoms with Crippen LogP contribution in [0, 0.1) is 11.3 Å². The third-order valence-electron chi connectivity index (χ3n) is 3.91. The van der Waals surface area contributed by atoms with Crippen LogP contribution in [0.25, 0.3) is 10.9 Å². The molecule has 0 aliphatic rings. The maximum Gasteiger partial charge on any atom is 0.311 e. The summed E-state index contributed by atoms with van der Waals surface area (Å²) in [4.78, 5) is 16.2. The second-order valence-electron chi connectivity index (χ2n) is 6.05. The Morgan fingerprint density at radius 2 is 2.05 bits per heavy atom. The summed E-state index contributed by atoms with van der Waals surface area (Å²) >= 11 is 0. The molecule has 1 atom stereocenters. The molecule has 2 aromatic rings. The summed E-state index contributed by atoms with van der Waals surface area (Å²) in [5.41, 5.74) is 6.81. The Labute approximate surface area is 125 Å². The smallest absolute Gasteiger partial charge is 0.311 e. The van der Waals surface area contributed by atoms with Crippen LogP contribution < -0.4 is 5.73 Å². The molecule has 0 radical (unpaired) electrons. The highest BCUT2D eigenvalue weighted by Crippen LogP contribution is 2.32. The standard InChI is InChI=1S/C17H22N2O2/c1-12(2)9-17(11-18,16(20)21)10-13-7-8-19-15-6-4-3-5-14(13)15/h3-8,12H,9-11,18H2,1-2H3,(H,20,21). The van der Waals surface area contributed by atoms with Crippen LogP contribution in [-0.2, 0) is 11.2 Å². The van der Waals surface area contributed by atoms with Gasteiger partial charge in [0.2, 0.25) is 0 Å². The zero-order chi connectivity index (χ0) is 15.5. The van der Waals surface area contributed by atoms with Gasteiger partial charge in [-0.25, -0.2) is 0 Å². The lowest BCUT2D eigenvalue weighted by molar-refractivity contribution is -0.149. The molecule has 112 valence electrons. The molecule has 0 aliphatic carbocycles. The highest BCUT2D eigenvalue weighted by atomic mass is 16.4. The van der Waals surface area contributed by atoms with E-state index in [0.29, 0.717) is 12.8 Å². The van der Waals surface area contributed by atoms with E-state index >= 15 is 0 Å². The minimum Gasteiger partial charge on any atom is -0.481 e. The molecule has 0 bridgehead atoms. The number of nitrogens with two attached hydrogens (primary N) is 1.